The molecule has 0 unspecified atom stereocenters. The Kier molecular flexibility index (Phi) is 2.77. The molecule has 0 aliphatic rings. The van der Waals surface area contributed by atoms with E-state index in [0.717, 1.165) is 15.2 Å². The number of imidazole rings is 1. The van der Waals surface area contributed by atoms with E-state index in [1.807, 2.05) is 24.3 Å². The third kappa shape index (κ3) is 1.88. The molecular formula is C13H7F2IN2. The molecule has 0 saturated heterocycles. The van der Waals surface area contributed by atoms with Crippen LogP contribution in [0.5, 0.6) is 0 Å². The predicted octanol–water partition coefficient (Wildman–Crippen LogP) is 4.11. The highest BCUT2D eigenvalue weighted by Crippen LogP contribution is 2.24. The van der Waals surface area contributed by atoms with Gasteiger partial charge in [-0.3, -0.25) is 0 Å². The molecule has 3 rings (SSSR count). The Bertz CT molecular complexity index is 720. The average Bonchev–Trinajstić information content (AvgIpc) is 2.80. The second-order valence-corrected chi connectivity index (χ2v) is 5.10. The van der Waals surface area contributed by atoms with Gasteiger partial charge in [0.1, 0.15) is 11.3 Å². The smallest absolute Gasteiger partial charge is 0.186 e. The summed E-state index contributed by atoms with van der Waals surface area (Å²) in [6, 6.07) is 10.2. The predicted molar refractivity (Wildman–Crippen MR) is 74.2 cm³/mol. The minimum atomic E-state index is -0.916. The monoisotopic (exact) mass is 356 g/mol. The van der Waals surface area contributed by atoms with Gasteiger partial charge in [-0.25, -0.2) is 13.8 Å². The first-order valence-electron chi connectivity index (χ1n) is 5.25. The van der Waals surface area contributed by atoms with Gasteiger partial charge in [0, 0.05) is 9.13 Å². The number of hydrogen-bond donors (Lipinski definition) is 1. The number of H-pyrrole nitrogens is 1. The largest absolute Gasteiger partial charge is 0.338 e. The first-order valence-corrected chi connectivity index (χ1v) is 6.32. The van der Waals surface area contributed by atoms with Crippen molar-refractivity contribution in [2.24, 2.45) is 0 Å². The Hall–Kier alpha value is -1.50. The van der Waals surface area contributed by atoms with Crippen molar-refractivity contribution in [3.8, 4) is 11.4 Å². The van der Waals surface area contributed by atoms with Crippen LogP contribution in [0.3, 0.4) is 0 Å². The van der Waals surface area contributed by atoms with E-state index in [4.69, 9.17) is 0 Å². The highest BCUT2D eigenvalue weighted by Gasteiger charge is 2.12. The lowest BCUT2D eigenvalue weighted by Gasteiger charge is -1.95. The third-order valence-electron chi connectivity index (χ3n) is 2.66. The number of fused-ring (bicyclic) bond motifs is 1. The summed E-state index contributed by atoms with van der Waals surface area (Å²) in [6.07, 6.45) is 0. The van der Waals surface area contributed by atoms with Gasteiger partial charge in [-0.2, -0.15) is 0 Å². The van der Waals surface area contributed by atoms with E-state index in [1.165, 1.54) is 6.07 Å². The lowest BCUT2D eigenvalue weighted by Crippen LogP contribution is -1.84. The summed E-state index contributed by atoms with van der Waals surface area (Å²) >= 11 is 2.20. The first kappa shape index (κ1) is 11.6. The van der Waals surface area contributed by atoms with E-state index < -0.39 is 11.6 Å². The Labute approximate surface area is 115 Å². The topological polar surface area (TPSA) is 28.7 Å². The number of rotatable bonds is 1. The highest BCUT2D eigenvalue weighted by atomic mass is 127. The van der Waals surface area contributed by atoms with Crippen molar-refractivity contribution in [3.05, 3.63) is 51.6 Å². The van der Waals surface area contributed by atoms with E-state index in [2.05, 4.69) is 32.6 Å². The van der Waals surface area contributed by atoms with Gasteiger partial charge < -0.3 is 4.98 Å². The van der Waals surface area contributed by atoms with E-state index in [1.54, 1.807) is 0 Å². The number of benzene rings is 2. The summed E-state index contributed by atoms with van der Waals surface area (Å²) < 4.78 is 27.7. The van der Waals surface area contributed by atoms with Crippen LogP contribution in [-0.4, -0.2) is 9.97 Å². The van der Waals surface area contributed by atoms with Crippen LogP contribution < -0.4 is 0 Å². The van der Waals surface area contributed by atoms with Gasteiger partial charge >= 0.3 is 0 Å². The number of nitrogens with one attached hydrogen (secondary N) is 1. The molecule has 0 aliphatic heterocycles. The maximum Gasteiger partial charge on any atom is 0.186 e. The molecule has 0 spiro atoms. The summed E-state index contributed by atoms with van der Waals surface area (Å²) in [5.41, 5.74) is 1.36. The molecule has 0 aliphatic carbocycles. The minimum Gasteiger partial charge on any atom is -0.338 e. The lowest BCUT2D eigenvalue weighted by atomic mass is 10.2. The van der Waals surface area contributed by atoms with Crippen LogP contribution in [0.1, 0.15) is 0 Å². The Balaban J connectivity index is 2.19. The zero-order valence-electron chi connectivity index (χ0n) is 9.05. The lowest BCUT2D eigenvalue weighted by molar-refractivity contribution is 0.515. The summed E-state index contributed by atoms with van der Waals surface area (Å²) in [4.78, 5) is 7.08. The molecule has 0 amide bonds. The number of nitrogens with zero attached hydrogens (tertiary/aromatic N) is 1. The van der Waals surface area contributed by atoms with Crippen molar-refractivity contribution < 1.29 is 8.78 Å². The van der Waals surface area contributed by atoms with Crippen molar-refractivity contribution in [1.82, 2.24) is 9.97 Å². The summed E-state index contributed by atoms with van der Waals surface area (Å²) in [5, 5.41) is 0. The standard InChI is InChI=1S/C13H7F2IN2/c14-9-5-6-10-12(11(9)15)18-13(17-10)7-1-3-8(16)4-2-7/h1-6H,(H,17,18). The SMILES string of the molecule is Fc1ccc2[nH]c(-c3ccc(I)cc3)nc2c1F. The molecule has 0 fully saturated rings. The van der Waals surface area contributed by atoms with Crippen LogP contribution >= 0.6 is 22.6 Å². The van der Waals surface area contributed by atoms with Crippen molar-refractivity contribution in [2.75, 3.05) is 0 Å². The van der Waals surface area contributed by atoms with Gasteiger partial charge in [0.25, 0.3) is 0 Å². The molecule has 0 radical (unpaired) electrons. The van der Waals surface area contributed by atoms with E-state index in [9.17, 15) is 8.78 Å². The molecular weight excluding hydrogens is 349 g/mol. The molecule has 0 bridgehead atoms. The van der Waals surface area contributed by atoms with Crippen molar-refractivity contribution in [3.63, 3.8) is 0 Å². The van der Waals surface area contributed by atoms with Crippen LogP contribution in [0.4, 0.5) is 8.78 Å². The van der Waals surface area contributed by atoms with Gasteiger partial charge in [-0.15, -0.1) is 0 Å². The number of aromatic amines is 1. The quantitative estimate of drug-likeness (QED) is 0.653. The van der Waals surface area contributed by atoms with Crippen molar-refractivity contribution >= 4 is 33.6 Å². The molecule has 90 valence electrons. The molecule has 0 atom stereocenters. The minimum absolute atomic E-state index is 0.0311. The highest BCUT2D eigenvalue weighted by molar-refractivity contribution is 14.1. The Morgan fingerprint density at radius 2 is 1.72 bits per heavy atom. The third-order valence-corrected chi connectivity index (χ3v) is 3.38. The van der Waals surface area contributed by atoms with Crippen LogP contribution in [0.25, 0.3) is 22.4 Å². The zero-order valence-corrected chi connectivity index (χ0v) is 11.2. The van der Waals surface area contributed by atoms with E-state index in [0.29, 0.717) is 11.3 Å². The van der Waals surface area contributed by atoms with Crippen LogP contribution in [0.2, 0.25) is 0 Å². The van der Waals surface area contributed by atoms with Crippen LogP contribution in [0, 0.1) is 15.2 Å². The summed E-state index contributed by atoms with van der Waals surface area (Å²) in [7, 11) is 0. The molecule has 5 heteroatoms. The van der Waals surface area contributed by atoms with Crippen LogP contribution in [-0.2, 0) is 0 Å². The maximum absolute atomic E-state index is 13.5. The van der Waals surface area contributed by atoms with Gasteiger partial charge in [0.15, 0.2) is 11.6 Å². The molecule has 1 aromatic heterocycles. The van der Waals surface area contributed by atoms with Gasteiger partial charge in [-0.1, -0.05) is 12.1 Å². The normalized spacial score (nSPS) is 11.1. The second kappa shape index (κ2) is 4.31. The molecule has 1 heterocycles. The van der Waals surface area contributed by atoms with E-state index >= 15 is 0 Å². The Morgan fingerprint density at radius 3 is 2.44 bits per heavy atom. The van der Waals surface area contributed by atoms with Crippen LogP contribution in [0.15, 0.2) is 36.4 Å². The summed E-state index contributed by atoms with van der Waals surface area (Å²) in [5.74, 6) is -1.27. The maximum atomic E-state index is 13.5. The molecule has 18 heavy (non-hydrogen) atoms. The fourth-order valence-corrected chi connectivity index (χ4v) is 2.12. The molecule has 2 nitrogen and oxygen atoms in total. The van der Waals surface area contributed by atoms with Gasteiger partial charge in [0.2, 0.25) is 0 Å². The summed E-state index contributed by atoms with van der Waals surface area (Å²) in [6.45, 7) is 0. The average molecular weight is 356 g/mol. The van der Waals surface area contributed by atoms with Crippen molar-refractivity contribution in [1.29, 1.82) is 0 Å². The molecule has 2 aromatic carbocycles. The van der Waals surface area contributed by atoms with Crippen molar-refractivity contribution in [2.45, 2.75) is 0 Å². The fraction of sp³-hybridized carbons (Fsp3) is 0. The number of halogens is 3. The Morgan fingerprint density at radius 1 is 1.00 bits per heavy atom. The fourth-order valence-electron chi connectivity index (χ4n) is 1.76. The van der Waals surface area contributed by atoms with Gasteiger partial charge in [-0.05, 0) is 46.9 Å². The second-order valence-electron chi connectivity index (χ2n) is 3.85. The number of aromatic nitrogens is 2. The first-order chi connectivity index (χ1) is 8.65. The van der Waals surface area contributed by atoms with Gasteiger partial charge in [0.05, 0.1) is 5.52 Å². The van der Waals surface area contributed by atoms with E-state index in [-0.39, 0.29) is 5.52 Å². The number of hydrogen-bond acceptors (Lipinski definition) is 1. The molecule has 3 aromatic rings. The molecule has 1 N–H and O–H groups in total. The molecule has 0 saturated carbocycles. The zero-order chi connectivity index (χ0) is 12.7.